The van der Waals surface area contributed by atoms with Crippen molar-refractivity contribution in [3.05, 3.63) is 28.8 Å². The van der Waals surface area contributed by atoms with Gasteiger partial charge in [-0.25, -0.2) is 0 Å². The Morgan fingerprint density at radius 1 is 1.39 bits per heavy atom. The Morgan fingerprint density at radius 3 is 2.83 bits per heavy atom. The number of aryl methyl sites for hydroxylation is 2. The first-order chi connectivity index (χ1) is 8.69. The van der Waals surface area contributed by atoms with Crippen LogP contribution in [-0.2, 0) is 16.0 Å². The molecule has 0 bridgehead atoms. The van der Waals surface area contributed by atoms with Crippen LogP contribution in [0.4, 0.5) is 0 Å². The molecule has 3 heteroatoms. The molecule has 2 aliphatic rings. The molecule has 3 atom stereocenters. The van der Waals surface area contributed by atoms with Gasteiger partial charge < -0.3 is 9.47 Å². The molecule has 3 unspecified atom stereocenters. The van der Waals surface area contributed by atoms with Gasteiger partial charge in [0.15, 0.2) is 0 Å². The van der Waals surface area contributed by atoms with Crippen LogP contribution in [0.15, 0.2) is 12.1 Å². The standard InChI is InChI=1S/C15H18O3/c1-4-9-7-6-8(3)13-10(9)11-12(14(11)18-13)15(16)17-5-2/h6-7,11-12,14H,4-5H2,1-3H3. The molecule has 1 aliphatic carbocycles. The highest BCUT2D eigenvalue weighted by molar-refractivity contribution is 5.81. The molecule has 1 fully saturated rings. The van der Waals surface area contributed by atoms with Crippen LogP contribution in [0, 0.1) is 12.8 Å². The largest absolute Gasteiger partial charge is 0.488 e. The van der Waals surface area contributed by atoms with Crippen molar-refractivity contribution in [1.29, 1.82) is 0 Å². The highest BCUT2D eigenvalue weighted by Crippen LogP contribution is 2.60. The molecule has 1 heterocycles. The molecule has 1 aromatic carbocycles. The predicted molar refractivity (Wildman–Crippen MR) is 67.8 cm³/mol. The second kappa shape index (κ2) is 4.01. The first kappa shape index (κ1) is 11.6. The van der Waals surface area contributed by atoms with Crippen molar-refractivity contribution in [3.63, 3.8) is 0 Å². The number of hydrogen-bond acceptors (Lipinski definition) is 3. The third kappa shape index (κ3) is 1.46. The summed E-state index contributed by atoms with van der Waals surface area (Å²) in [6.07, 6.45) is 0.996. The number of benzene rings is 1. The van der Waals surface area contributed by atoms with E-state index in [4.69, 9.17) is 9.47 Å². The maximum absolute atomic E-state index is 11.8. The molecule has 18 heavy (non-hydrogen) atoms. The maximum Gasteiger partial charge on any atom is 0.313 e. The van der Waals surface area contributed by atoms with Crippen LogP contribution >= 0.6 is 0 Å². The Labute approximate surface area is 107 Å². The van der Waals surface area contributed by atoms with Gasteiger partial charge in [0.25, 0.3) is 0 Å². The van der Waals surface area contributed by atoms with E-state index in [1.54, 1.807) is 0 Å². The van der Waals surface area contributed by atoms with E-state index in [9.17, 15) is 4.79 Å². The minimum Gasteiger partial charge on any atom is -0.488 e. The predicted octanol–water partition coefficient (Wildman–Crippen LogP) is 2.59. The molecule has 1 saturated carbocycles. The summed E-state index contributed by atoms with van der Waals surface area (Å²) in [6, 6.07) is 4.25. The Kier molecular flexibility index (Phi) is 2.58. The Morgan fingerprint density at radius 2 is 2.17 bits per heavy atom. The molecule has 0 N–H and O–H groups in total. The van der Waals surface area contributed by atoms with Gasteiger partial charge in [-0.15, -0.1) is 0 Å². The maximum atomic E-state index is 11.8. The zero-order chi connectivity index (χ0) is 12.9. The van der Waals surface area contributed by atoms with Crippen molar-refractivity contribution in [2.75, 3.05) is 6.61 Å². The molecular weight excluding hydrogens is 228 g/mol. The second-order valence-corrected chi connectivity index (χ2v) is 5.02. The van der Waals surface area contributed by atoms with Gasteiger partial charge in [-0.2, -0.15) is 0 Å². The summed E-state index contributed by atoms with van der Waals surface area (Å²) >= 11 is 0. The van der Waals surface area contributed by atoms with Gasteiger partial charge >= 0.3 is 5.97 Å². The smallest absolute Gasteiger partial charge is 0.313 e. The number of fused-ring (bicyclic) bond motifs is 3. The Balaban J connectivity index is 1.93. The summed E-state index contributed by atoms with van der Waals surface area (Å²) in [5.41, 5.74) is 3.72. The summed E-state index contributed by atoms with van der Waals surface area (Å²) in [7, 11) is 0. The number of ether oxygens (including phenoxy) is 2. The zero-order valence-corrected chi connectivity index (χ0v) is 11.0. The first-order valence-corrected chi connectivity index (χ1v) is 6.64. The summed E-state index contributed by atoms with van der Waals surface area (Å²) in [4.78, 5) is 11.8. The van der Waals surface area contributed by atoms with Gasteiger partial charge in [0.1, 0.15) is 17.8 Å². The van der Waals surface area contributed by atoms with Crippen LogP contribution in [0.25, 0.3) is 0 Å². The van der Waals surface area contributed by atoms with Crippen LogP contribution in [0.2, 0.25) is 0 Å². The Bertz CT molecular complexity index is 507. The number of carbonyl (C=O) groups is 1. The van der Waals surface area contributed by atoms with E-state index in [0.29, 0.717) is 6.61 Å². The molecule has 1 aliphatic heterocycles. The molecule has 0 saturated heterocycles. The van der Waals surface area contributed by atoms with Crippen molar-refractivity contribution >= 4 is 5.97 Å². The van der Waals surface area contributed by atoms with E-state index in [0.717, 1.165) is 17.7 Å². The van der Waals surface area contributed by atoms with Crippen LogP contribution in [0.1, 0.15) is 36.5 Å². The third-order valence-electron chi connectivity index (χ3n) is 3.96. The lowest BCUT2D eigenvalue weighted by molar-refractivity contribution is -0.145. The van der Waals surface area contributed by atoms with Crippen LogP contribution in [-0.4, -0.2) is 18.7 Å². The fourth-order valence-electron chi connectivity index (χ4n) is 3.01. The molecule has 0 amide bonds. The lowest BCUT2D eigenvalue weighted by Gasteiger charge is -2.13. The van der Waals surface area contributed by atoms with Crippen LogP contribution in [0.3, 0.4) is 0 Å². The molecule has 0 aromatic heterocycles. The van der Waals surface area contributed by atoms with E-state index < -0.39 is 0 Å². The minimum atomic E-state index is -0.110. The highest BCUT2D eigenvalue weighted by Gasteiger charge is 2.64. The van der Waals surface area contributed by atoms with Crippen molar-refractivity contribution in [1.82, 2.24) is 0 Å². The number of rotatable bonds is 3. The molecule has 1 aromatic rings. The molecule has 3 rings (SSSR count). The van der Waals surface area contributed by atoms with Crippen LogP contribution in [0.5, 0.6) is 5.75 Å². The zero-order valence-electron chi connectivity index (χ0n) is 11.0. The van der Waals surface area contributed by atoms with Crippen molar-refractivity contribution in [3.8, 4) is 5.75 Å². The lowest BCUT2D eigenvalue weighted by atomic mass is 9.97. The van der Waals surface area contributed by atoms with Crippen molar-refractivity contribution in [2.24, 2.45) is 5.92 Å². The van der Waals surface area contributed by atoms with Gasteiger partial charge in [-0.05, 0) is 31.4 Å². The number of carbonyl (C=O) groups excluding carboxylic acids is 1. The topological polar surface area (TPSA) is 35.5 Å². The lowest BCUT2D eigenvalue weighted by Crippen LogP contribution is -2.14. The second-order valence-electron chi connectivity index (χ2n) is 5.02. The fraction of sp³-hybridized carbons (Fsp3) is 0.533. The third-order valence-corrected chi connectivity index (χ3v) is 3.96. The molecule has 0 spiro atoms. The fourth-order valence-corrected chi connectivity index (χ4v) is 3.01. The first-order valence-electron chi connectivity index (χ1n) is 6.64. The SMILES string of the molecule is CCOC(=O)C1C2Oc3c(C)ccc(CC)c3C21. The summed E-state index contributed by atoms with van der Waals surface area (Å²) in [5, 5.41) is 0. The van der Waals surface area contributed by atoms with Crippen LogP contribution < -0.4 is 4.74 Å². The summed E-state index contributed by atoms with van der Waals surface area (Å²) in [5.74, 6) is 1.05. The van der Waals surface area contributed by atoms with Crippen molar-refractivity contribution < 1.29 is 14.3 Å². The van der Waals surface area contributed by atoms with E-state index in [1.807, 2.05) is 6.92 Å². The van der Waals surface area contributed by atoms with Gasteiger partial charge in [-0.1, -0.05) is 19.1 Å². The number of esters is 1. The van der Waals surface area contributed by atoms with E-state index in [-0.39, 0.29) is 23.9 Å². The normalized spacial score (nSPS) is 27.2. The van der Waals surface area contributed by atoms with E-state index in [2.05, 4.69) is 26.0 Å². The number of hydrogen-bond donors (Lipinski definition) is 0. The van der Waals surface area contributed by atoms with Gasteiger partial charge in [0.2, 0.25) is 0 Å². The van der Waals surface area contributed by atoms with Gasteiger partial charge in [-0.3, -0.25) is 4.79 Å². The molecular formula is C15H18O3. The molecule has 0 radical (unpaired) electrons. The monoisotopic (exact) mass is 246 g/mol. The average molecular weight is 246 g/mol. The average Bonchev–Trinajstić information content (AvgIpc) is 2.93. The molecule has 3 nitrogen and oxygen atoms in total. The van der Waals surface area contributed by atoms with E-state index in [1.165, 1.54) is 11.1 Å². The van der Waals surface area contributed by atoms with Gasteiger partial charge in [0, 0.05) is 11.5 Å². The summed E-state index contributed by atoms with van der Waals surface area (Å²) in [6.45, 7) is 6.48. The minimum absolute atomic E-state index is 0.0189. The van der Waals surface area contributed by atoms with E-state index >= 15 is 0 Å². The quantitative estimate of drug-likeness (QED) is 0.769. The van der Waals surface area contributed by atoms with Crippen molar-refractivity contribution in [2.45, 2.75) is 39.2 Å². The molecule has 96 valence electrons. The highest BCUT2D eigenvalue weighted by atomic mass is 16.5. The Hall–Kier alpha value is -1.51. The summed E-state index contributed by atoms with van der Waals surface area (Å²) < 4.78 is 11.0. The van der Waals surface area contributed by atoms with Gasteiger partial charge in [0.05, 0.1) is 6.61 Å².